The van der Waals surface area contributed by atoms with E-state index in [4.69, 9.17) is 0 Å². The molecular formula is C18H22FN3O4. The van der Waals surface area contributed by atoms with Gasteiger partial charge in [0.2, 0.25) is 17.6 Å². The largest absolute Gasteiger partial charge is 0.342 e. The molecule has 2 fully saturated rings. The number of benzene rings is 1. The van der Waals surface area contributed by atoms with Crippen LogP contribution < -0.4 is 4.90 Å². The van der Waals surface area contributed by atoms with Crippen LogP contribution in [0.15, 0.2) is 18.2 Å². The van der Waals surface area contributed by atoms with Crippen LogP contribution in [0.1, 0.15) is 38.5 Å². The molecular weight excluding hydrogens is 341 g/mol. The van der Waals surface area contributed by atoms with Crippen molar-refractivity contribution in [2.45, 2.75) is 44.6 Å². The maximum absolute atomic E-state index is 13.5. The van der Waals surface area contributed by atoms with Crippen molar-refractivity contribution in [1.29, 1.82) is 0 Å². The van der Waals surface area contributed by atoms with E-state index >= 15 is 0 Å². The minimum Gasteiger partial charge on any atom is -0.342 e. The molecule has 0 spiro atoms. The number of carbonyl (C=O) groups is 2. The fourth-order valence-electron chi connectivity index (χ4n) is 3.87. The maximum Gasteiger partial charge on any atom is 0.306 e. The number of nitrogens with zero attached hydrogens (tertiary/aromatic N) is 3. The van der Waals surface area contributed by atoms with Gasteiger partial charge >= 0.3 is 5.69 Å². The molecule has 1 saturated heterocycles. The summed E-state index contributed by atoms with van der Waals surface area (Å²) in [5.41, 5.74) is -0.428. The van der Waals surface area contributed by atoms with Crippen molar-refractivity contribution in [1.82, 2.24) is 4.90 Å². The van der Waals surface area contributed by atoms with Gasteiger partial charge in [-0.25, -0.2) is 0 Å². The summed E-state index contributed by atoms with van der Waals surface area (Å²) in [5, 5.41) is 10.9. The zero-order valence-electron chi connectivity index (χ0n) is 14.7. The first kappa shape index (κ1) is 18.3. The lowest BCUT2D eigenvalue weighted by Gasteiger charge is -2.32. The summed E-state index contributed by atoms with van der Waals surface area (Å²) in [5.74, 6) is -1.76. The van der Waals surface area contributed by atoms with Crippen molar-refractivity contribution < 1.29 is 18.9 Å². The van der Waals surface area contributed by atoms with E-state index in [9.17, 15) is 24.1 Å². The average Bonchev–Trinajstić information content (AvgIpc) is 3.03. The molecule has 1 atom stereocenters. The molecule has 3 rings (SSSR count). The Labute approximate surface area is 150 Å². The van der Waals surface area contributed by atoms with E-state index in [0.29, 0.717) is 0 Å². The Kier molecular flexibility index (Phi) is 5.20. The van der Waals surface area contributed by atoms with Gasteiger partial charge in [-0.15, -0.1) is 0 Å². The Morgan fingerprint density at radius 3 is 2.65 bits per heavy atom. The molecule has 8 heteroatoms. The lowest BCUT2D eigenvalue weighted by molar-refractivity contribution is -0.387. The molecule has 1 aromatic rings. The van der Waals surface area contributed by atoms with E-state index in [2.05, 4.69) is 0 Å². The van der Waals surface area contributed by atoms with Crippen LogP contribution in [0.5, 0.6) is 0 Å². The molecule has 2 amide bonds. The predicted molar refractivity (Wildman–Crippen MR) is 93.2 cm³/mol. The number of hydrogen-bond acceptors (Lipinski definition) is 4. The van der Waals surface area contributed by atoms with Crippen LogP contribution in [0.25, 0.3) is 0 Å². The first-order valence-electron chi connectivity index (χ1n) is 8.89. The van der Waals surface area contributed by atoms with Crippen LogP contribution in [-0.2, 0) is 9.59 Å². The third-order valence-corrected chi connectivity index (χ3v) is 5.38. The molecule has 1 aromatic carbocycles. The highest BCUT2D eigenvalue weighted by Gasteiger charge is 2.38. The number of amides is 2. The van der Waals surface area contributed by atoms with Gasteiger partial charge in [0.25, 0.3) is 0 Å². The Balaban J connectivity index is 1.73. The van der Waals surface area contributed by atoms with Gasteiger partial charge in [-0.05, 0) is 25.0 Å². The fourth-order valence-corrected chi connectivity index (χ4v) is 3.87. The third kappa shape index (κ3) is 3.54. The van der Waals surface area contributed by atoms with Gasteiger partial charge in [-0.1, -0.05) is 19.3 Å². The Morgan fingerprint density at radius 2 is 2.00 bits per heavy atom. The normalized spacial score (nSPS) is 21.1. The van der Waals surface area contributed by atoms with Crippen molar-refractivity contribution >= 4 is 23.2 Å². The summed E-state index contributed by atoms with van der Waals surface area (Å²) in [7, 11) is 1.79. The van der Waals surface area contributed by atoms with Crippen LogP contribution in [-0.4, -0.2) is 41.3 Å². The number of nitro benzene ring substituents is 1. The minimum absolute atomic E-state index is 0.0654. The number of nitro groups is 1. The van der Waals surface area contributed by atoms with Crippen LogP contribution in [0.2, 0.25) is 0 Å². The number of hydrogen-bond donors (Lipinski definition) is 0. The SMILES string of the molecule is CN(C(=O)C1CC(=O)N(c2ccc(F)c([N+](=O)[O-])c2)C1)C1CCCCC1. The molecule has 1 saturated carbocycles. The zero-order chi connectivity index (χ0) is 18.8. The number of halogens is 1. The highest BCUT2D eigenvalue weighted by atomic mass is 19.1. The number of rotatable bonds is 4. The molecule has 1 unspecified atom stereocenters. The molecule has 2 aliphatic rings. The first-order valence-corrected chi connectivity index (χ1v) is 8.89. The Hall–Kier alpha value is -2.51. The topological polar surface area (TPSA) is 83.8 Å². The second kappa shape index (κ2) is 7.39. The quantitative estimate of drug-likeness (QED) is 0.608. The van der Waals surface area contributed by atoms with E-state index in [1.54, 1.807) is 11.9 Å². The summed E-state index contributed by atoms with van der Waals surface area (Å²) in [6.45, 7) is 0.164. The molecule has 0 aromatic heterocycles. The fraction of sp³-hybridized carbons (Fsp3) is 0.556. The lowest BCUT2D eigenvalue weighted by Crippen LogP contribution is -2.42. The van der Waals surface area contributed by atoms with Crippen molar-refractivity contribution in [3.8, 4) is 0 Å². The molecule has 1 aliphatic heterocycles. The van der Waals surface area contributed by atoms with Gasteiger partial charge in [0.15, 0.2) is 0 Å². The van der Waals surface area contributed by atoms with Crippen LogP contribution in [0, 0.1) is 21.8 Å². The molecule has 0 bridgehead atoms. The smallest absolute Gasteiger partial charge is 0.306 e. The van der Waals surface area contributed by atoms with Crippen molar-refractivity contribution in [3.05, 3.63) is 34.1 Å². The van der Waals surface area contributed by atoms with Crippen molar-refractivity contribution in [2.24, 2.45) is 5.92 Å². The monoisotopic (exact) mass is 363 g/mol. The Morgan fingerprint density at radius 1 is 1.31 bits per heavy atom. The lowest BCUT2D eigenvalue weighted by atomic mass is 9.93. The van der Waals surface area contributed by atoms with Crippen molar-refractivity contribution in [3.63, 3.8) is 0 Å². The summed E-state index contributed by atoms with van der Waals surface area (Å²) in [6.07, 6.45) is 5.45. The summed E-state index contributed by atoms with van der Waals surface area (Å²) < 4.78 is 13.5. The predicted octanol–water partition coefficient (Wildman–Crippen LogP) is 2.88. The summed E-state index contributed by atoms with van der Waals surface area (Å²) >= 11 is 0. The van der Waals surface area contributed by atoms with Gasteiger partial charge < -0.3 is 9.80 Å². The van der Waals surface area contributed by atoms with E-state index in [0.717, 1.165) is 37.8 Å². The van der Waals surface area contributed by atoms with E-state index in [1.807, 2.05) is 0 Å². The first-order chi connectivity index (χ1) is 12.4. The number of anilines is 1. The second-order valence-electron chi connectivity index (χ2n) is 7.04. The average molecular weight is 363 g/mol. The van der Waals surface area contributed by atoms with Crippen LogP contribution >= 0.6 is 0 Å². The van der Waals surface area contributed by atoms with Gasteiger partial charge in [0.05, 0.1) is 16.5 Å². The van der Waals surface area contributed by atoms with E-state index < -0.39 is 22.3 Å². The van der Waals surface area contributed by atoms with Crippen LogP contribution in [0.3, 0.4) is 0 Å². The maximum atomic E-state index is 13.5. The van der Waals surface area contributed by atoms with Gasteiger partial charge in [0.1, 0.15) is 0 Å². The number of carbonyl (C=O) groups excluding carboxylic acids is 2. The molecule has 1 heterocycles. The molecule has 0 N–H and O–H groups in total. The minimum atomic E-state index is -0.949. The van der Waals surface area contributed by atoms with Crippen molar-refractivity contribution in [2.75, 3.05) is 18.5 Å². The molecule has 140 valence electrons. The van der Waals surface area contributed by atoms with E-state index in [1.165, 1.54) is 17.4 Å². The van der Waals surface area contributed by atoms with Gasteiger partial charge in [0, 0.05) is 32.1 Å². The molecule has 26 heavy (non-hydrogen) atoms. The summed E-state index contributed by atoms with van der Waals surface area (Å²) in [4.78, 5) is 38.3. The third-order valence-electron chi connectivity index (χ3n) is 5.38. The highest BCUT2D eigenvalue weighted by Crippen LogP contribution is 2.31. The van der Waals surface area contributed by atoms with Crippen LogP contribution in [0.4, 0.5) is 15.8 Å². The van der Waals surface area contributed by atoms with E-state index in [-0.39, 0.29) is 36.5 Å². The zero-order valence-corrected chi connectivity index (χ0v) is 14.7. The van der Waals surface area contributed by atoms with Gasteiger partial charge in [-0.3, -0.25) is 19.7 Å². The Bertz CT molecular complexity index is 733. The van der Waals surface area contributed by atoms with Gasteiger partial charge in [-0.2, -0.15) is 4.39 Å². The molecule has 7 nitrogen and oxygen atoms in total. The second-order valence-corrected chi connectivity index (χ2v) is 7.04. The molecule has 0 radical (unpaired) electrons. The highest BCUT2D eigenvalue weighted by molar-refractivity contribution is 6.00. The molecule has 1 aliphatic carbocycles. The standard InChI is InChI=1S/C18H22FN3O4/c1-20(13-5-3-2-4-6-13)18(24)12-9-17(23)21(11-12)14-7-8-15(19)16(10-14)22(25)26/h7-8,10,12-13H,2-6,9,11H2,1H3. The summed E-state index contributed by atoms with van der Waals surface area (Å²) in [6, 6.07) is 3.57.